The van der Waals surface area contributed by atoms with Crippen molar-refractivity contribution < 1.29 is 22.7 Å². The largest absolute Gasteiger partial charge is 0.497 e. The molecule has 0 aliphatic rings. The summed E-state index contributed by atoms with van der Waals surface area (Å²) in [5.41, 5.74) is 0.558. The maximum Gasteiger partial charge on any atom is 0.240 e. The van der Waals surface area contributed by atoms with Crippen LogP contribution >= 0.6 is 0 Å². The number of ether oxygens (including phenoxy) is 1. The zero-order valence-corrected chi connectivity index (χ0v) is 12.7. The molecule has 7 heteroatoms. The van der Waals surface area contributed by atoms with E-state index in [0.29, 0.717) is 11.3 Å². The number of hydrogen-bond donors (Lipinski definition) is 2. The van der Waals surface area contributed by atoms with Crippen LogP contribution in [0.3, 0.4) is 0 Å². The van der Waals surface area contributed by atoms with Gasteiger partial charge in [0, 0.05) is 6.54 Å². The van der Waals surface area contributed by atoms with Gasteiger partial charge < -0.3 is 9.84 Å². The van der Waals surface area contributed by atoms with E-state index in [9.17, 15) is 17.9 Å². The van der Waals surface area contributed by atoms with Crippen LogP contribution in [0.5, 0.6) is 5.75 Å². The summed E-state index contributed by atoms with van der Waals surface area (Å²) in [6, 6.07) is 11.1. The minimum absolute atomic E-state index is 0.0594. The van der Waals surface area contributed by atoms with Gasteiger partial charge in [0.25, 0.3) is 0 Å². The predicted octanol–water partition coefficient (Wildman–Crippen LogP) is 1.85. The molecule has 0 saturated heterocycles. The lowest BCUT2D eigenvalue weighted by molar-refractivity contribution is 0.182. The first-order valence-corrected chi connectivity index (χ1v) is 7.98. The highest BCUT2D eigenvalue weighted by molar-refractivity contribution is 7.89. The molecule has 0 saturated carbocycles. The molecule has 2 rings (SSSR count). The topological polar surface area (TPSA) is 75.6 Å². The van der Waals surface area contributed by atoms with Gasteiger partial charge in [0.2, 0.25) is 10.0 Å². The normalized spacial score (nSPS) is 12.9. The Balaban J connectivity index is 2.02. The summed E-state index contributed by atoms with van der Waals surface area (Å²) in [7, 11) is -2.26. The van der Waals surface area contributed by atoms with Gasteiger partial charge in [0.15, 0.2) is 0 Å². The van der Waals surface area contributed by atoms with Crippen LogP contribution in [0.1, 0.15) is 11.7 Å². The highest BCUT2D eigenvalue weighted by Gasteiger charge is 2.16. The lowest BCUT2D eigenvalue weighted by atomic mass is 10.1. The second-order valence-electron chi connectivity index (χ2n) is 4.59. The first-order chi connectivity index (χ1) is 10.4. The highest BCUT2D eigenvalue weighted by atomic mass is 32.2. The summed E-state index contributed by atoms with van der Waals surface area (Å²) in [5.74, 6) is 0.125. The minimum Gasteiger partial charge on any atom is -0.497 e. The zero-order chi connectivity index (χ0) is 16.2. The molecule has 2 N–H and O–H groups in total. The third kappa shape index (κ3) is 4.03. The third-order valence-corrected chi connectivity index (χ3v) is 4.53. The number of sulfonamides is 1. The lowest BCUT2D eigenvalue weighted by Crippen LogP contribution is -2.28. The van der Waals surface area contributed by atoms with Crippen LogP contribution in [0.4, 0.5) is 4.39 Å². The van der Waals surface area contributed by atoms with Gasteiger partial charge in [-0.15, -0.1) is 0 Å². The molecule has 0 fully saturated rings. The molecule has 118 valence electrons. The molecule has 5 nitrogen and oxygen atoms in total. The van der Waals surface area contributed by atoms with Crippen molar-refractivity contribution in [2.45, 2.75) is 11.0 Å². The molecule has 0 aliphatic heterocycles. The summed E-state index contributed by atoms with van der Waals surface area (Å²) in [6.07, 6.45) is -0.999. The van der Waals surface area contributed by atoms with Crippen molar-refractivity contribution in [2.24, 2.45) is 0 Å². The van der Waals surface area contributed by atoms with Crippen LogP contribution in [0.15, 0.2) is 53.4 Å². The van der Waals surface area contributed by atoms with Gasteiger partial charge >= 0.3 is 0 Å². The van der Waals surface area contributed by atoms with Gasteiger partial charge in [-0.3, -0.25) is 0 Å². The van der Waals surface area contributed by atoms with Gasteiger partial charge in [-0.25, -0.2) is 17.5 Å². The second kappa shape index (κ2) is 6.87. The first-order valence-electron chi connectivity index (χ1n) is 6.49. The molecule has 0 spiro atoms. The highest BCUT2D eigenvalue weighted by Crippen LogP contribution is 2.18. The summed E-state index contributed by atoms with van der Waals surface area (Å²) in [5, 5.41) is 10.0. The Morgan fingerprint density at radius 1 is 1.14 bits per heavy atom. The molecule has 0 radical (unpaired) electrons. The Morgan fingerprint density at radius 2 is 1.73 bits per heavy atom. The van der Waals surface area contributed by atoms with E-state index in [0.717, 1.165) is 24.3 Å². The van der Waals surface area contributed by atoms with Crippen LogP contribution in [0.2, 0.25) is 0 Å². The molecule has 0 aromatic heterocycles. The number of benzene rings is 2. The van der Waals surface area contributed by atoms with Crippen molar-refractivity contribution in [1.29, 1.82) is 0 Å². The van der Waals surface area contributed by atoms with Crippen LogP contribution < -0.4 is 9.46 Å². The molecule has 1 unspecified atom stereocenters. The third-order valence-electron chi connectivity index (χ3n) is 3.09. The van der Waals surface area contributed by atoms with Crippen molar-refractivity contribution in [3.8, 4) is 5.75 Å². The molecule has 0 aliphatic carbocycles. The van der Waals surface area contributed by atoms with E-state index in [2.05, 4.69) is 4.72 Å². The van der Waals surface area contributed by atoms with Gasteiger partial charge in [-0.2, -0.15) is 0 Å². The summed E-state index contributed by atoms with van der Waals surface area (Å²) < 4.78 is 44.1. The molecule has 1 atom stereocenters. The van der Waals surface area contributed by atoms with Crippen molar-refractivity contribution in [3.05, 3.63) is 59.9 Å². The van der Waals surface area contributed by atoms with Crippen molar-refractivity contribution in [3.63, 3.8) is 0 Å². The Kier molecular flexibility index (Phi) is 5.12. The van der Waals surface area contributed by atoms with E-state index in [-0.39, 0.29) is 11.4 Å². The van der Waals surface area contributed by atoms with Gasteiger partial charge in [-0.05, 0) is 42.0 Å². The predicted molar refractivity (Wildman–Crippen MR) is 79.5 cm³/mol. The maximum atomic E-state index is 12.8. The fourth-order valence-corrected chi connectivity index (χ4v) is 2.87. The molecule has 0 bridgehead atoms. The molecule has 2 aromatic carbocycles. The second-order valence-corrected chi connectivity index (χ2v) is 6.36. The smallest absolute Gasteiger partial charge is 0.240 e. The van der Waals surface area contributed by atoms with Crippen molar-refractivity contribution in [2.75, 3.05) is 13.7 Å². The Morgan fingerprint density at radius 3 is 2.27 bits per heavy atom. The van der Waals surface area contributed by atoms with Gasteiger partial charge in [-0.1, -0.05) is 12.1 Å². The molecular weight excluding hydrogens is 309 g/mol. The van der Waals surface area contributed by atoms with E-state index >= 15 is 0 Å². The standard InChI is InChI=1S/C15H16FNO4S/c1-21-13-6-2-11(3-7-13)15(18)10-17-22(19,20)14-8-4-12(16)5-9-14/h2-9,15,17-18H,10H2,1H3. The van der Waals surface area contributed by atoms with Gasteiger partial charge in [0.05, 0.1) is 18.1 Å². The zero-order valence-electron chi connectivity index (χ0n) is 11.9. The molecule has 0 heterocycles. The number of aliphatic hydroxyl groups is 1. The Bertz CT molecular complexity index is 714. The van der Waals surface area contributed by atoms with Crippen molar-refractivity contribution in [1.82, 2.24) is 4.72 Å². The monoisotopic (exact) mass is 325 g/mol. The summed E-state index contributed by atoms with van der Waals surface area (Å²) >= 11 is 0. The molecule has 0 amide bonds. The van der Waals surface area contributed by atoms with Gasteiger partial charge in [0.1, 0.15) is 11.6 Å². The van der Waals surface area contributed by atoms with E-state index < -0.39 is 21.9 Å². The van der Waals surface area contributed by atoms with E-state index in [1.165, 1.54) is 7.11 Å². The number of rotatable bonds is 6. The molecule has 2 aromatic rings. The Hall–Kier alpha value is -1.96. The quantitative estimate of drug-likeness (QED) is 0.850. The van der Waals surface area contributed by atoms with E-state index in [1.807, 2.05) is 0 Å². The molecule has 22 heavy (non-hydrogen) atoms. The maximum absolute atomic E-state index is 12.8. The number of halogens is 1. The SMILES string of the molecule is COc1ccc(C(O)CNS(=O)(=O)c2ccc(F)cc2)cc1. The summed E-state index contributed by atoms with van der Waals surface area (Å²) in [4.78, 5) is -0.0594. The van der Waals surface area contributed by atoms with Crippen molar-refractivity contribution >= 4 is 10.0 Å². The minimum atomic E-state index is -3.79. The molecular formula is C15H16FNO4S. The van der Waals surface area contributed by atoms with Crippen LogP contribution in [-0.2, 0) is 10.0 Å². The van der Waals surface area contributed by atoms with Crippen LogP contribution in [0.25, 0.3) is 0 Å². The van der Waals surface area contributed by atoms with E-state index in [4.69, 9.17) is 4.74 Å². The number of aliphatic hydroxyl groups excluding tert-OH is 1. The number of methoxy groups -OCH3 is 1. The Labute approximate surface area is 128 Å². The first kappa shape index (κ1) is 16.4. The summed E-state index contributed by atoms with van der Waals surface area (Å²) in [6.45, 7) is -0.188. The van der Waals surface area contributed by atoms with Crippen LogP contribution in [-0.4, -0.2) is 27.2 Å². The average molecular weight is 325 g/mol. The number of nitrogens with one attached hydrogen (secondary N) is 1. The fraction of sp³-hybridized carbons (Fsp3) is 0.200. The average Bonchev–Trinajstić information content (AvgIpc) is 2.53. The van der Waals surface area contributed by atoms with E-state index in [1.54, 1.807) is 24.3 Å². The number of hydrogen-bond acceptors (Lipinski definition) is 4. The fourth-order valence-electron chi connectivity index (χ4n) is 1.83. The lowest BCUT2D eigenvalue weighted by Gasteiger charge is -2.13. The van der Waals surface area contributed by atoms with Crippen LogP contribution in [0, 0.1) is 5.82 Å².